The number of nitrogens with zero attached hydrogens (tertiary/aromatic N) is 2. The molecule has 3 aromatic carbocycles. The van der Waals surface area contributed by atoms with E-state index in [2.05, 4.69) is 5.32 Å². The number of methoxy groups -OCH3 is 1. The minimum atomic E-state index is -0.144. The molecule has 1 aromatic heterocycles. The minimum Gasteiger partial charge on any atom is -0.496 e. The molecule has 0 aliphatic rings. The highest BCUT2D eigenvalue weighted by molar-refractivity contribution is 7.99. The van der Waals surface area contributed by atoms with Crippen molar-refractivity contribution in [3.05, 3.63) is 94.3 Å². The predicted octanol–water partition coefficient (Wildman–Crippen LogP) is 4.15. The van der Waals surface area contributed by atoms with Crippen LogP contribution in [-0.2, 0) is 11.2 Å². The molecule has 0 aliphatic heterocycles. The average molecular weight is 460 g/mol. The quantitative estimate of drug-likeness (QED) is 0.317. The van der Waals surface area contributed by atoms with Gasteiger partial charge in [-0.15, -0.1) is 0 Å². The summed E-state index contributed by atoms with van der Waals surface area (Å²) in [5.41, 5.74) is 3.23. The first-order chi connectivity index (χ1) is 16.1. The zero-order valence-electron chi connectivity index (χ0n) is 18.6. The zero-order valence-corrected chi connectivity index (χ0v) is 19.4. The van der Waals surface area contributed by atoms with Gasteiger partial charge in [0.15, 0.2) is 5.16 Å². The topological polar surface area (TPSA) is 73.2 Å². The maximum Gasteiger partial charge on any atom is 0.266 e. The van der Waals surface area contributed by atoms with Gasteiger partial charge in [0.1, 0.15) is 5.75 Å². The van der Waals surface area contributed by atoms with Crippen molar-refractivity contribution in [2.75, 3.05) is 19.4 Å². The van der Waals surface area contributed by atoms with E-state index in [-0.39, 0.29) is 17.2 Å². The van der Waals surface area contributed by atoms with Crippen LogP contribution in [0.4, 0.5) is 0 Å². The summed E-state index contributed by atoms with van der Waals surface area (Å²) in [5, 5.41) is 3.99. The lowest BCUT2D eigenvalue weighted by atomic mass is 10.1. The fraction of sp³-hybridized carbons (Fsp3) is 0.192. The first kappa shape index (κ1) is 22.6. The average Bonchev–Trinajstić information content (AvgIpc) is 2.84. The molecule has 0 bridgehead atoms. The molecule has 168 valence electrons. The van der Waals surface area contributed by atoms with Gasteiger partial charge in [-0.25, -0.2) is 4.98 Å². The summed E-state index contributed by atoms with van der Waals surface area (Å²) in [4.78, 5) is 30.6. The molecule has 6 nitrogen and oxygen atoms in total. The van der Waals surface area contributed by atoms with Gasteiger partial charge in [-0.1, -0.05) is 60.3 Å². The fourth-order valence-corrected chi connectivity index (χ4v) is 4.50. The van der Waals surface area contributed by atoms with E-state index in [0.717, 1.165) is 22.6 Å². The van der Waals surface area contributed by atoms with Crippen LogP contribution in [0, 0.1) is 6.92 Å². The highest BCUT2D eigenvalue weighted by Crippen LogP contribution is 2.23. The maximum absolute atomic E-state index is 13.3. The molecule has 4 aromatic rings. The largest absolute Gasteiger partial charge is 0.496 e. The van der Waals surface area contributed by atoms with Gasteiger partial charge < -0.3 is 10.1 Å². The molecule has 0 fully saturated rings. The zero-order chi connectivity index (χ0) is 23.2. The normalized spacial score (nSPS) is 10.8. The van der Waals surface area contributed by atoms with Crippen LogP contribution >= 0.6 is 11.8 Å². The van der Waals surface area contributed by atoms with Crippen LogP contribution in [0.15, 0.2) is 82.7 Å². The summed E-state index contributed by atoms with van der Waals surface area (Å²) in [7, 11) is 1.64. The third-order valence-electron chi connectivity index (χ3n) is 5.34. The van der Waals surface area contributed by atoms with Crippen LogP contribution in [0.2, 0.25) is 0 Å². The Morgan fingerprint density at radius 2 is 1.76 bits per heavy atom. The lowest BCUT2D eigenvalue weighted by Crippen LogP contribution is -2.28. The third kappa shape index (κ3) is 5.09. The van der Waals surface area contributed by atoms with Crippen molar-refractivity contribution in [3.8, 4) is 11.4 Å². The van der Waals surface area contributed by atoms with E-state index in [0.29, 0.717) is 29.0 Å². The van der Waals surface area contributed by atoms with Gasteiger partial charge in [0.2, 0.25) is 5.91 Å². The molecular formula is C26H25N3O3S. The van der Waals surface area contributed by atoms with E-state index in [9.17, 15) is 9.59 Å². The van der Waals surface area contributed by atoms with Crippen molar-refractivity contribution in [1.82, 2.24) is 14.9 Å². The van der Waals surface area contributed by atoms with Gasteiger partial charge in [0.05, 0.1) is 29.5 Å². The van der Waals surface area contributed by atoms with Crippen molar-refractivity contribution in [3.63, 3.8) is 0 Å². The van der Waals surface area contributed by atoms with E-state index in [1.807, 2.05) is 73.7 Å². The number of aromatic nitrogens is 2. The van der Waals surface area contributed by atoms with Crippen molar-refractivity contribution >= 4 is 28.6 Å². The number of amides is 1. The number of benzene rings is 3. The van der Waals surface area contributed by atoms with Crippen LogP contribution in [0.1, 0.15) is 11.1 Å². The number of rotatable bonds is 8. The van der Waals surface area contributed by atoms with Gasteiger partial charge >= 0.3 is 0 Å². The fourth-order valence-electron chi connectivity index (χ4n) is 3.66. The molecule has 0 unspecified atom stereocenters. The van der Waals surface area contributed by atoms with E-state index < -0.39 is 0 Å². The maximum atomic E-state index is 13.3. The van der Waals surface area contributed by atoms with E-state index in [1.165, 1.54) is 11.8 Å². The highest BCUT2D eigenvalue weighted by Gasteiger charge is 2.16. The number of hydrogen-bond acceptors (Lipinski definition) is 5. The summed E-state index contributed by atoms with van der Waals surface area (Å²) >= 11 is 1.26. The second-order valence-electron chi connectivity index (χ2n) is 7.54. The van der Waals surface area contributed by atoms with Crippen LogP contribution < -0.4 is 15.6 Å². The molecule has 33 heavy (non-hydrogen) atoms. The Bertz CT molecular complexity index is 1350. The van der Waals surface area contributed by atoms with E-state index in [4.69, 9.17) is 9.72 Å². The number of hydrogen-bond donors (Lipinski definition) is 1. The Labute approximate surface area is 196 Å². The molecule has 1 heterocycles. The van der Waals surface area contributed by atoms with E-state index >= 15 is 0 Å². The third-order valence-corrected chi connectivity index (χ3v) is 6.28. The number of carbonyl (C=O) groups is 1. The summed E-state index contributed by atoms with van der Waals surface area (Å²) in [6.45, 7) is 2.45. The molecular weight excluding hydrogens is 434 g/mol. The summed E-state index contributed by atoms with van der Waals surface area (Å²) in [5.74, 6) is 0.847. The summed E-state index contributed by atoms with van der Waals surface area (Å²) < 4.78 is 6.96. The van der Waals surface area contributed by atoms with Gasteiger partial charge in [-0.3, -0.25) is 14.2 Å². The van der Waals surface area contributed by atoms with Crippen LogP contribution in [0.5, 0.6) is 5.75 Å². The van der Waals surface area contributed by atoms with E-state index in [1.54, 1.807) is 17.7 Å². The molecule has 0 spiro atoms. The summed E-state index contributed by atoms with van der Waals surface area (Å²) in [6, 6.07) is 22.7. The van der Waals surface area contributed by atoms with Crippen LogP contribution in [0.25, 0.3) is 16.6 Å². The highest BCUT2D eigenvalue weighted by atomic mass is 32.2. The second kappa shape index (κ2) is 10.4. The standard InChI is InChI=1S/C26H25N3O3S/c1-18-9-3-7-13-22(18)29-25(31)20-11-5-6-12-21(20)28-26(29)33-17-24(30)27-16-15-19-10-4-8-14-23(19)32-2/h3-14H,15-17H2,1-2H3,(H,27,30). The smallest absolute Gasteiger partial charge is 0.266 e. The van der Waals surface area contributed by atoms with Gasteiger partial charge in [0.25, 0.3) is 5.56 Å². The Kier molecular flexibility index (Phi) is 7.10. The second-order valence-corrected chi connectivity index (χ2v) is 8.48. The molecule has 0 aliphatic carbocycles. The minimum absolute atomic E-state index is 0.117. The summed E-state index contributed by atoms with van der Waals surface area (Å²) in [6.07, 6.45) is 0.669. The lowest BCUT2D eigenvalue weighted by molar-refractivity contribution is -0.118. The number of para-hydroxylation sites is 3. The number of aryl methyl sites for hydroxylation is 1. The molecule has 4 rings (SSSR count). The monoisotopic (exact) mass is 459 g/mol. The van der Waals surface area contributed by atoms with Gasteiger partial charge in [0, 0.05) is 6.54 Å². The van der Waals surface area contributed by atoms with Crippen LogP contribution in [-0.4, -0.2) is 34.9 Å². The van der Waals surface area contributed by atoms with Crippen molar-refractivity contribution in [2.24, 2.45) is 0 Å². The van der Waals surface area contributed by atoms with Gasteiger partial charge in [-0.05, 0) is 48.7 Å². The molecule has 0 saturated carbocycles. The Morgan fingerprint density at radius 1 is 1.03 bits per heavy atom. The Hall–Kier alpha value is -3.58. The lowest BCUT2D eigenvalue weighted by Gasteiger charge is -2.15. The number of nitrogens with one attached hydrogen (secondary N) is 1. The molecule has 1 N–H and O–H groups in total. The SMILES string of the molecule is COc1ccccc1CCNC(=O)CSc1nc2ccccc2c(=O)n1-c1ccccc1C. The van der Waals surface area contributed by atoms with Crippen molar-refractivity contribution < 1.29 is 9.53 Å². The van der Waals surface area contributed by atoms with Gasteiger partial charge in [-0.2, -0.15) is 0 Å². The predicted molar refractivity (Wildman–Crippen MR) is 133 cm³/mol. The molecule has 0 radical (unpaired) electrons. The molecule has 0 atom stereocenters. The molecule has 7 heteroatoms. The van der Waals surface area contributed by atoms with Crippen LogP contribution in [0.3, 0.4) is 0 Å². The van der Waals surface area contributed by atoms with Crippen molar-refractivity contribution in [1.29, 1.82) is 0 Å². The first-order valence-electron chi connectivity index (χ1n) is 10.7. The number of ether oxygens (including phenoxy) is 1. The first-order valence-corrected chi connectivity index (χ1v) is 11.7. The molecule has 0 saturated heterocycles. The molecule has 1 amide bonds. The number of carbonyl (C=O) groups excluding carboxylic acids is 1. The number of thioether (sulfide) groups is 1. The number of fused-ring (bicyclic) bond motifs is 1. The Balaban J connectivity index is 1.52. The Morgan fingerprint density at radius 3 is 2.58 bits per heavy atom. The van der Waals surface area contributed by atoms with Crippen molar-refractivity contribution in [2.45, 2.75) is 18.5 Å².